The molecule has 2 rings (SSSR count). The van der Waals surface area contributed by atoms with Crippen LogP contribution < -0.4 is 9.47 Å². The average Bonchev–Trinajstić information content (AvgIpc) is 2.48. The van der Waals surface area contributed by atoms with E-state index in [1.807, 2.05) is 18.2 Å². The molecular weight excluding hydrogens is 242 g/mol. The normalized spacial score (nSPS) is 9.74. The Balaban J connectivity index is 2.35. The van der Waals surface area contributed by atoms with Crippen LogP contribution in [0.5, 0.6) is 17.2 Å². The molecule has 0 aliphatic heterocycles. The first-order valence-electron chi connectivity index (χ1n) is 5.73. The first-order chi connectivity index (χ1) is 9.28. The van der Waals surface area contributed by atoms with Gasteiger partial charge in [-0.3, -0.25) is 0 Å². The molecule has 0 radical (unpaired) electrons. The second-order valence-corrected chi connectivity index (χ2v) is 3.85. The molecule has 96 valence electrons. The third-order valence-corrected chi connectivity index (χ3v) is 2.66. The van der Waals surface area contributed by atoms with E-state index in [0.29, 0.717) is 28.4 Å². The van der Waals surface area contributed by atoms with Gasteiger partial charge in [0.05, 0.1) is 25.3 Å². The molecule has 0 aliphatic rings. The summed E-state index contributed by atoms with van der Waals surface area (Å²) in [5.74, 6) is 1.54. The Bertz CT molecular complexity index is 617. The van der Waals surface area contributed by atoms with Crippen molar-refractivity contribution in [3.8, 4) is 23.3 Å². The van der Waals surface area contributed by atoms with Gasteiger partial charge in [0.15, 0.2) is 11.5 Å². The molecule has 0 atom stereocenters. The summed E-state index contributed by atoms with van der Waals surface area (Å²) in [7, 11) is 1.52. The lowest BCUT2D eigenvalue weighted by atomic mass is 10.2. The van der Waals surface area contributed by atoms with Crippen molar-refractivity contribution in [2.75, 3.05) is 7.11 Å². The van der Waals surface area contributed by atoms with Crippen molar-refractivity contribution in [1.29, 1.82) is 5.26 Å². The summed E-state index contributed by atoms with van der Waals surface area (Å²) in [5, 5.41) is 18.1. The number of hydrogen-bond acceptors (Lipinski definition) is 4. The minimum Gasteiger partial charge on any atom is -0.493 e. The van der Waals surface area contributed by atoms with E-state index in [1.54, 1.807) is 30.3 Å². The van der Waals surface area contributed by atoms with Crippen molar-refractivity contribution in [2.45, 2.75) is 6.61 Å². The van der Waals surface area contributed by atoms with Crippen molar-refractivity contribution in [1.82, 2.24) is 0 Å². The molecule has 0 fully saturated rings. The molecule has 2 aromatic carbocycles. The van der Waals surface area contributed by atoms with E-state index < -0.39 is 0 Å². The number of nitrogens with zero attached hydrogens (tertiary/aromatic N) is 1. The fourth-order valence-electron chi connectivity index (χ4n) is 1.67. The summed E-state index contributed by atoms with van der Waals surface area (Å²) in [6.07, 6.45) is 0. The summed E-state index contributed by atoms with van der Waals surface area (Å²) < 4.78 is 10.9. The standard InChI is InChI=1S/C15H13NO3/c1-18-15-8-11(9-16)6-7-14(15)19-13-5-3-2-4-12(13)10-17/h2-8,17H,10H2,1H3. The van der Waals surface area contributed by atoms with Crippen LogP contribution in [0, 0.1) is 11.3 Å². The van der Waals surface area contributed by atoms with E-state index >= 15 is 0 Å². The summed E-state index contributed by atoms with van der Waals surface area (Å²) in [4.78, 5) is 0. The molecule has 0 aromatic heterocycles. The van der Waals surface area contributed by atoms with Gasteiger partial charge in [-0.15, -0.1) is 0 Å². The Kier molecular flexibility index (Phi) is 4.01. The van der Waals surface area contributed by atoms with Crippen LogP contribution in [0.2, 0.25) is 0 Å². The SMILES string of the molecule is COc1cc(C#N)ccc1Oc1ccccc1CO. The molecule has 0 amide bonds. The van der Waals surface area contributed by atoms with Crippen molar-refractivity contribution in [3.63, 3.8) is 0 Å². The predicted octanol–water partition coefficient (Wildman–Crippen LogP) is 2.85. The van der Waals surface area contributed by atoms with Gasteiger partial charge in [-0.05, 0) is 18.2 Å². The van der Waals surface area contributed by atoms with E-state index in [0.717, 1.165) is 0 Å². The zero-order valence-corrected chi connectivity index (χ0v) is 10.5. The highest BCUT2D eigenvalue weighted by molar-refractivity contribution is 5.49. The van der Waals surface area contributed by atoms with Crippen LogP contribution >= 0.6 is 0 Å². The fourth-order valence-corrected chi connectivity index (χ4v) is 1.67. The molecule has 4 nitrogen and oxygen atoms in total. The minimum atomic E-state index is -0.102. The molecule has 0 spiro atoms. The number of aliphatic hydroxyl groups excluding tert-OH is 1. The molecule has 4 heteroatoms. The lowest BCUT2D eigenvalue weighted by molar-refractivity contribution is 0.275. The van der Waals surface area contributed by atoms with E-state index in [4.69, 9.17) is 14.7 Å². The number of para-hydroxylation sites is 1. The van der Waals surface area contributed by atoms with Crippen molar-refractivity contribution >= 4 is 0 Å². The molecule has 0 saturated heterocycles. The average molecular weight is 255 g/mol. The molecule has 0 bridgehead atoms. The van der Waals surface area contributed by atoms with Crippen molar-refractivity contribution < 1.29 is 14.6 Å². The molecule has 0 saturated carbocycles. The summed E-state index contributed by atoms with van der Waals surface area (Å²) in [5.41, 5.74) is 1.19. The van der Waals surface area contributed by atoms with Crippen LogP contribution in [-0.2, 0) is 6.61 Å². The molecule has 2 aromatic rings. The highest BCUT2D eigenvalue weighted by atomic mass is 16.5. The molecular formula is C15H13NO3. The largest absolute Gasteiger partial charge is 0.493 e. The van der Waals surface area contributed by atoms with Crippen LogP contribution in [-0.4, -0.2) is 12.2 Å². The number of nitriles is 1. The summed E-state index contributed by atoms with van der Waals surface area (Å²) in [6, 6.07) is 14.2. The van der Waals surface area contributed by atoms with Crippen LogP contribution in [0.15, 0.2) is 42.5 Å². The van der Waals surface area contributed by atoms with Crippen molar-refractivity contribution in [2.24, 2.45) is 0 Å². The van der Waals surface area contributed by atoms with Crippen molar-refractivity contribution in [3.05, 3.63) is 53.6 Å². The fraction of sp³-hybridized carbons (Fsp3) is 0.133. The Morgan fingerprint density at radius 3 is 2.58 bits per heavy atom. The lowest BCUT2D eigenvalue weighted by Crippen LogP contribution is -1.94. The molecule has 0 heterocycles. The Hall–Kier alpha value is -2.51. The Morgan fingerprint density at radius 2 is 1.89 bits per heavy atom. The number of hydrogen-bond donors (Lipinski definition) is 1. The maximum atomic E-state index is 9.25. The van der Waals surface area contributed by atoms with Gasteiger partial charge >= 0.3 is 0 Å². The topological polar surface area (TPSA) is 62.5 Å². The molecule has 0 aliphatic carbocycles. The predicted molar refractivity (Wildman–Crippen MR) is 70.1 cm³/mol. The highest BCUT2D eigenvalue weighted by Gasteiger charge is 2.09. The van der Waals surface area contributed by atoms with Gasteiger partial charge < -0.3 is 14.6 Å². The maximum absolute atomic E-state index is 9.25. The minimum absolute atomic E-state index is 0.102. The first-order valence-corrected chi connectivity index (χ1v) is 5.73. The highest BCUT2D eigenvalue weighted by Crippen LogP contribution is 2.33. The Labute approximate surface area is 111 Å². The van der Waals surface area contributed by atoms with Gasteiger partial charge in [-0.2, -0.15) is 5.26 Å². The molecule has 0 unspecified atom stereocenters. The van der Waals surface area contributed by atoms with Gasteiger partial charge in [0, 0.05) is 11.6 Å². The summed E-state index contributed by atoms with van der Waals surface area (Å²) in [6.45, 7) is -0.102. The zero-order chi connectivity index (χ0) is 13.7. The monoisotopic (exact) mass is 255 g/mol. The van der Waals surface area contributed by atoms with Gasteiger partial charge in [-0.1, -0.05) is 18.2 Å². The van der Waals surface area contributed by atoms with Gasteiger partial charge in [0.25, 0.3) is 0 Å². The smallest absolute Gasteiger partial charge is 0.169 e. The third-order valence-electron chi connectivity index (χ3n) is 2.66. The number of rotatable bonds is 4. The molecule has 1 N–H and O–H groups in total. The van der Waals surface area contributed by atoms with E-state index in [-0.39, 0.29) is 6.61 Å². The van der Waals surface area contributed by atoms with Gasteiger partial charge in [-0.25, -0.2) is 0 Å². The number of ether oxygens (including phenoxy) is 2. The maximum Gasteiger partial charge on any atom is 0.169 e. The van der Waals surface area contributed by atoms with E-state index in [1.165, 1.54) is 7.11 Å². The zero-order valence-electron chi connectivity index (χ0n) is 10.5. The van der Waals surface area contributed by atoms with Crippen LogP contribution in [0.4, 0.5) is 0 Å². The van der Waals surface area contributed by atoms with E-state index in [9.17, 15) is 5.11 Å². The van der Waals surface area contributed by atoms with Crippen LogP contribution in [0.1, 0.15) is 11.1 Å². The number of aliphatic hydroxyl groups is 1. The van der Waals surface area contributed by atoms with E-state index in [2.05, 4.69) is 0 Å². The second-order valence-electron chi connectivity index (χ2n) is 3.85. The van der Waals surface area contributed by atoms with Crippen LogP contribution in [0.3, 0.4) is 0 Å². The molecule has 19 heavy (non-hydrogen) atoms. The number of methoxy groups -OCH3 is 1. The first kappa shape index (κ1) is 12.9. The quantitative estimate of drug-likeness (QED) is 0.912. The number of benzene rings is 2. The Morgan fingerprint density at radius 1 is 1.11 bits per heavy atom. The van der Waals surface area contributed by atoms with Gasteiger partial charge in [0.1, 0.15) is 5.75 Å². The van der Waals surface area contributed by atoms with Crippen LogP contribution in [0.25, 0.3) is 0 Å². The van der Waals surface area contributed by atoms with Gasteiger partial charge in [0.2, 0.25) is 0 Å². The third kappa shape index (κ3) is 2.84. The lowest BCUT2D eigenvalue weighted by Gasteiger charge is -2.12. The second kappa shape index (κ2) is 5.89. The summed E-state index contributed by atoms with van der Waals surface area (Å²) >= 11 is 0.